The molecule has 1 N–H and O–H groups in total. The summed E-state index contributed by atoms with van der Waals surface area (Å²) < 4.78 is 1.20. The van der Waals surface area contributed by atoms with E-state index in [1.54, 1.807) is 0 Å². The van der Waals surface area contributed by atoms with E-state index in [9.17, 15) is 0 Å². The molecule has 1 heterocycles. The van der Waals surface area contributed by atoms with Crippen LogP contribution in [0, 0.1) is 0 Å². The van der Waals surface area contributed by atoms with Crippen LogP contribution in [0.25, 0.3) is 0 Å². The summed E-state index contributed by atoms with van der Waals surface area (Å²) in [6, 6.07) is 7.36. The van der Waals surface area contributed by atoms with E-state index in [1.807, 2.05) is 0 Å². The fraction of sp³-hybridized carbons (Fsp3) is 0.647. The maximum atomic E-state index is 3.76. The van der Waals surface area contributed by atoms with Gasteiger partial charge < -0.3 is 15.1 Å². The lowest BCUT2D eigenvalue weighted by atomic mass is 10.0. The molecule has 3 nitrogen and oxygen atoms in total. The highest BCUT2D eigenvalue weighted by molar-refractivity contribution is 9.10. The highest BCUT2D eigenvalue weighted by Crippen LogP contribution is 2.29. The summed E-state index contributed by atoms with van der Waals surface area (Å²) in [6.45, 7) is 6.61. The van der Waals surface area contributed by atoms with Gasteiger partial charge >= 0.3 is 0 Å². The second kappa shape index (κ2) is 8.16. The van der Waals surface area contributed by atoms with E-state index in [0.717, 1.165) is 19.6 Å². The molecule has 0 bridgehead atoms. The van der Waals surface area contributed by atoms with Gasteiger partial charge in [0, 0.05) is 30.7 Å². The zero-order chi connectivity index (χ0) is 15.2. The van der Waals surface area contributed by atoms with Crippen molar-refractivity contribution in [1.82, 2.24) is 10.2 Å². The molecule has 0 aromatic heterocycles. The van der Waals surface area contributed by atoms with Gasteiger partial charge in [0.25, 0.3) is 0 Å². The van der Waals surface area contributed by atoms with E-state index >= 15 is 0 Å². The van der Waals surface area contributed by atoms with Crippen LogP contribution in [0.4, 0.5) is 5.69 Å². The Labute approximate surface area is 137 Å². The van der Waals surface area contributed by atoms with Gasteiger partial charge in [-0.05, 0) is 73.0 Å². The maximum absolute atomic E-state index is 3.76. The Morgan fingerprint density at radius 1 is 1.43 bits per heavy atom. The van der Waals surface area contributed by atoms with E-state index < -0.39 is 0 Å². The molecule has 1 aromatic rings. The number of nitrogens with zero attached hydrogens (tertiary/aromatic N) is 2. The SMILES string of the molecule is CCCNCc1ccc(N(C)C2CCCN(C)C2)c(Br)c1. The molecular weight excluding hydrogens is 326 g/mol. The van der Waals surface area contributed by atoms with Gasteiger partial charge in [-0.2, -0.15) is 0 Å². The fourth-order valence-electron chi connectivity index (χ4n) is 3.01. The summed E-state index contributed by atoms with van der Waals surface area (Å²) in [5.41, 5.74) is 2.64. The smallest absolute Gasteiger partial charge is 0.0511 e. The summed E-state index contributed by atoms with van der Waals surface area (Å²) in [5, 5.41) is 3.46. The number of benzene rings is 1. The van der Waals surface area contributed by atoms with Crippen LogP contribution < -0.4 is 10.2 Å². The predicted molar refractivity (Wildman–Crippen MR) is 95.1 cm³/mol. The van der Waals surface area contributed by atoms with Crippen molar-refractivity contribution >= 4 is 21.6 Å². The van der Waals surface area contributed by atoms with Crippen molar-refractivity contribution in [3.8, 4) is 0 Å². The number of piperidine rings is 1. The fourth-order valence-corrected chi connectivity index (χ4v) is 3.71. The number of nitrogens with one attached hydrogen (secondary N) is 1. The lowest BCUT2D eigenvalue weighted by Crippen LogP contribution is -2.45. The Balaban J connectivity index is 2.02. The first-order valence-corrected chi connectivity index (χ1v) is 8.81. The topological polar surface area (TPSA) is 18.5 Å². The van der Waals surface area contributed by atoms with Crippen LogP contribution in [0.3, 0.4) is 0 Å². The normalized spacial score (nSPS) is 19.7. The Morgan fingerprint density at radius 3 is 2.90 bits per heavy atom. The molecule has 1 saturated heterocycles. The highest BCUT2D eigenvalue weighted by atomic mass is 79.9. The van der Waals surface area contributed by atoms with Gasteiger partial charge in [0.15, 0.2) is 0 Å². The minimum Gasteiger partial charge on any atom is -0.369 e. The van der Waals surface area contributed by atoms with Crippen LogP contribution in [-0.4, -0.2) is 44.7 Å². The largest absolute Gasteiger partial charge is 0.369 e. The van der Waals surface area contributed by atoms with Crippen molar-refractivity contribution in [2.45, 2.75) is 38.8 Å². The molecule has 1 fully saturated rings. The molecule has 0 aliphatic carbocycles. The van der Waals surface area contributed by atoms with E-state index in [2.05, 4.69) is 70.3 Å². The molecular formula is C17H28BrN3. The third-order valence-corrected chi connectivity index (χ3v) is 4.93. The molecule has 4 heteroatoms. The number of halogens is 1. The lowest BCUT2D eigenvalue weighted by molar-refractivity contribution is 0.248. The average molecular weight is 354 g/mol. The first-order valence-electron chi connectivity index (χ1n) is 8.02. The maximum Gasteiger partial charge on any atom is 0.0511 e. The van der Waals surface area contributed by atoms with Gasteiger partial charge in [0.05, 0.1) is 5.69 Å². The van der Waals surface area contributed by atoms with Gasteiger partial charge in [-0.15, -0.1) is 0 Å². The monoisotopic (exact) mass is 353 g/mol. The number of hydrogen-bond acceptors (Lipinski definition) is 3. The molecule has 1 aromatic carbocycles. The zero-order valence-electron chi connectivity index (χ0n) is 13.5. The number of hydrogen-bond donors (Lipinski definition) is 1. The molecule has 1 aliphatic heterocycles. The molecule has 1 atom stereocenters. The van der Waals surface area contributed by atoms with Crippen molar-refractivity contribution in [3.63, 3.8) is 0 Å². The molecule has 0 amide bonds. The van der Waals surface area contributed by atoms with Crippen LogP contribution in [0.5, 0.6) is 0 Å². The second-order valence-electron chi connectivity index (χ2n) is 6.13. The molecule has 118 valence electrons. The van der Waals surface area contributed by atoms with Crippen LogP contribution >= 0.6 is 15.9 Å². The van der Waals surface area contributed by atoms with Crippen molar-refractivity contribution < 1.29 is 0 Å². The van der Waals surface area contributed by atoms with E-state index in [1.165, 1.54) is 41.5 Å². The van der Waals surface area contributed by atoms with Gasteiger partial charge in [-0.25, -0.2) is 0 Å². The van der Waals surface area contributed by atoms with Gasteiger partial charge in [-0.1, -0.05) is 13.0 Å². The minimum atomic E-state index is 0.615. The van der Waals surface area contributed by atoms with Crippen molar-refractivity contribution in [2.24, 2.45) is 0 Å². The van der Waals surface area contributed by atoms with Crippen LogP contribution in [0.1, 0.15) is 31.7 Å². The Bertz CT molecular complexity index is 450. The first kappa shape index (κ1) is 16.8. The Morgan fingerprint density at radius 2 is 2.24 bits per heavy atom. The summed E-state index contributed by atoms with van der Waals surface area (Å²) in [5.74, 6) is 0. The number of likely N-dealkylation sites (tertiary alicyclic amines) is 1. The molecule has 1 unspecified atom stereocenters. The summed E-state index contributed by atoms with van der Waals surface area (Å²) >= 11 is 3.76. The molecule has 0 spiro atoms. The van der Waals surface area contributed by atoms with Gasteiger partial charge in [0.2, 0.25) is 0 Å². The molecule has 2 rings (SSSR count). The average Bonchev–Trinajstić information content (AvgIpc) is 2.47. The molecule has 0 radical (unpaired) electrons. The van der Waals surface area contributed by atoms with Gasteiger partial charge in [0.1, 0.15) is 0 Å². The number of likely N-dealkylation sites (N-methyl/N-ethyl adjacent to an activating group) is 2. The summed E-state index contributed by atoms with van der Waals surface area (Å²) in [4.78, 5) is 4.87. The predicted octanol–water partition coefficient (Wildman–Crippen LogP) is 3.48. The minimum absolute atomic E-state index is 0.615. The third-order valence-electron chi connectivity index (χ3n) is 4.30. The van der Waals surface area contributed by atoms with Crippen molar-refractivity contribution in [3.05, 3.63) is 28.2 Å². The second-order valence-corrected chi connectivity index (χ2v) is 6.99. The van der Waals surface area contributed by atoms with Crippen LogP contribution in [0.15, 0.2) is 22.7 Å². The zero-order valence-corrected chi connectivity index (χ0v) is 15.1. The van der Waals surface area contributed by atoms with Gasteiger partial charge in [-0.3, -0.25) is 0 Å². The van der Waals surface area contributed by atoms with Crippen molar-refractivity contribution in [2.75, 3.05) is 38.6 Å². The molecule has 21 heavy (non-hydrogen) atoms. The van der Waals surface area contributed by atoms with E-state index in [0.29, 0.717) is 6.04 Å². The van der Waals surface area contributed by atoms with E-state index in [-0.39, 0.29) is 0 Å². The highest BCUT2D eigenvalue weighted by Gasteiger charge is 2.22. The summed E-state index contributed by atoms with van der Waals surface area (Å²) in [7, 11) is 4.44. The molecule has 1 aliphatic rings. The van der Waals surface area contributed by atoms with Crippen LogP contribution in [-0.2, 0) is 6.54 Å². The first-order chi connectivity index (χ1) is 10.1. The van der Waals surface area contributed by atoms with E-state index in [4.69, 9.17) is 0 Å². The van der Waals surface area contributed by atoms with Crippen molar-refractivity contribution in [1.29, 1.82) is 0 Å². The standard InChI is InChI=1S/C17H28BrN3/c1-4-9-19-12-14-7-8-17(16(18)11-14)21(3)15-6-5-10-20(2)13-15/h7-8,11,15,19H,4-6,9-10,12-13H2,1-3H3. The lowest BCUT2D eigenvalue weighted by Gasteiger charge is -2.37. The Kier molecular flexibility index (Phi) is 6.52. The number of rotatable bonds is 6. The molecule has 0 saturated carbocycles. The number of anilines is 1. The third kappa shape index (κ3) is 4.70. The Hall–Kier alpha value is -0.580. The summed E-state index contributed by atoms with van der Waals surface area (Å²) in [6.07, 6.45) is 3.76. The quantitative estimate of drug-likeness (QED) is 0.789. The van der Waals surface area contributed by atoms with Crippen LogP contribution in [0.2, 0.25) is 0 Å².